The van der Waals surface area contributed by atoms with Crippen LogP contribution in [0, 0.1) is 13.8 Å². The first-order valence-electron chi connectivity index (χ1n) is 9.66. The van der Waals surface area contributed by atoms with Crippen LogP contribution in [0.15, 0.2) is 18.2 Å². The number of piperidine rings is 2. The second kappa shape index (κ2) is 9.01. The summed E-state index contributed by atoms with van der Waals surface area (Å²) in [4.78, 5) is 14.9. The maximum Gasteiger partial charge on any atom is 0.244 e. The molecule has 158 valence electrons. The van der Waals surface area contributed by atoms with E-state index in [9.17, 15) is 13.2 Å². The normalized spacial score (nSPS) is 20.3. The van der Waals surface area contributed by atoms with Gasteiger partial charge in [0, 0.05) is 32.2 Å². The first kappa shape index (κ1) is 23.0. The SMILES string of the molecule is Cc1ccc(OC2CCN(C(=O)C3(S(C)(=O)=O)CCNCC3)CC2)cc1C.Cl. The molecule has 0 aliphatic carbocycles. The summed E-state index contributed by atoms with van der Waals surface area (Å²) in [6.45, 7) is 6.34. The molecule has 1 aromatic carbocycles. The van der Waals surface area contributed by atoms with Crippen molar-refractivity contribution in [1.82, 2.24) is 10.2 Å². The van der Waals surface area contributed by atoms with Gasteiger partial charge in [-0.3, -0.25) is 4.79 Å². The molecule has 0 bridgehead atoms. The first-order chi connectivity index (χ1) is 12.7. The van der Waals surface area contributed by atoms with E-state index in [1.54, 1.807) is 4.90 Å². The van der Waals surface area contributed by atoms with Crippen molar-refractivity contribution in [2.24, 2.45) is 0 Å². The van der Waals surface area contributed by atoms with Crippen molar-refractivity contribution < 1.29 is 17.9 Å². The highest BCUT2D eigenvalue weighted by Gasteiger charge is 2.50. The van der Waals surface area contributed by atoms with E-state index in [0.29, 0.717) is 39.0 Å². The van der Waals surface area contributed by atoms with Crippen LogP contribution in [0.1, 0.15) is 36.8 Å². The number of hydrogen-bond donors (Lipinski definition) is 1. The number of benzene rings is 1. The first-order valence-corrected chi connectivity index (χ1v) is 11.6. The van der Waals surface area contributed by atoms with Crippen LogP contribution in [0.2, 0.25) is 0 Å². The van der Waals surface area contributed by atoms with Crippen LogP contribution in [-0.4, -0.2) is 62.5 Å². The quantitative estimate of drug-likeness (QED) is 0.792. The third-order valence-electron chi connectivity index (χ3n) is 6.02. The number of carbonyl (C=O) groups is 1. The number of ether oxygens (including phenoxy) is 1. The monoisotopic (exact) mass is 430 g/mol. The Balaban J connectivity index is 0.00000280. The van der Waals surface area contributed by atoms with Crippen LogP contribution in [0.5, 0.6) is 5.75 Å². The van der Waals surface area contributed by atoms with Crippen molar-refractivity contribution in [3.8, 4) is 5.75 Å². The van der Waals surface area contributed by atoms with Gasteiger partial charge >= 0.3 is 0 Å². The average Bonchev–Trinajstić information content (AvgIpc) is 2.64. The van der Waals surface area contributed by atoms with Crippen molar-refractivity contribution in [3.63, 3.8) is 0 Å². The summed E-state index contributed by atoms with van der Waals surface area (Å²) in [5.74, 6) is 0.630. The van der Waals surface area contributed by atoms with E-state index in [0.717, 1.165) is 18.6 Å². The van der Waals surface area contributed by atoms with Crippen LogP contribution in [-0.2, 0) is 14.6 Å². The molecule has 1 N–H and O–H groups in total. The molecule has 1 amide bonds. The van der Waals surface area contributed by atoms with Crippen LogP contribution >= 0.6 is 12.4 Å². The van der Waals surface area contributed by atoms with Gasteiger partial charge in [0.1, 0.15) is 11.9 Å². The topological polar surface area (TPSA) is 75.7 Å². The summed E-state index contributed by atoms with van der Waals surface area (Å²) in [6, 6.07) is 6.07. The van der Waals surface area contributed by atoms with Crippen molar-refractivity contribution in [2.75, 3.05) is 32.4 Å². The summed E-state index contributed by atoms with van der Waals surface area (Å²) in [7, 11) is -3.47. The zero-order valence-corrected chi connectivity index (χ0v) is 18.5. The predicted octanol–water partition coefficient (Wildman–Crippen LogP) is 2.26. The van der Waals surface area contributed by atoms with Crippen LogP contribution in [0.25, 0.3) is 0 Å². The number of carbonyl (C=O) groups excluding carboxylic acids is 1. The fourth-order valence-corrected chi connectivity index (χ4v) is 5.41. The maximum absolute atomic E-state index is 13.1. The van der Waals surface area contributed by atoms with Gasteiger partial charge in [0.2, 0.25) is 5.91 Å². The van der Waals surface area contributed by atoms with E-state index in [-0.39, 0.29) is 24.4 Å². The lowest BCUT2D eigenvalue weighted by molar-refractivity contribution is -0.136. The molecule has 8 heteroatoms. The second-order valence-electron chi connectivity index (χ2n) is 7.87. The summed E-state index contributed by atoms with van der Waals surface area (Å²) < 4.78 is 29.7. The molecular formula is C20H31ClN2O4S. The van der Waals surface area contributed by atoms with Gasteiger partial charge in [-0.1, -0.05) is 6.07 Å². The molecule has 0 saturated carbocycles. The highest BCUT2D eigenvalue weighted by Crippen LogP contribution is 2.31. The molecule has 6 nitrogen and oxygen atoms in total. The van der Waals surface area contributed by atoms with E-state index in [4.69, 9.17) is 4.74 Å². The van der Waals surface area contributed by atoms with E-state index < -0.39 is 14.6 Å². The van der Waals surface area contributed by atoms with Gasteiger partial charge in [-0.05, 0) is 63.0 Å². The van der Waals surface area contributed by atoms with Crippen LogP contribution in [0.3, 0.4) is 0 Å². The second-order valence-corrected chi connectivity index (χ2v) is 10.2. The highest BCUT2D eigenvalue weighted by atomic mass is 35.5. The van der Waals surface area contributed by atoms with Crippen LogP contribution < -0.4 is 10.1 Å². The van der Waals surface area contributed by atoms with E-state index in [2.05, 4.69) is 25.2 Å². The molecule has 0 spiro atoms. The Morgan fingerprint density at radius 1 is 1.14 bits per heavy atom. The molecule has 0 unspecified atom stereocenters. The molecule has 2 heterocycles. The zero-order chi connectivity index (χ0) is 19.7. The molecule has 0 atom stereocenters. The zero-order valence-electron chi connectivity index (χ0n) is 16.9. The van der Waals surface area contributed by atoms with Gasteiger partial charge in [-0.2, -0.15) is 0 Å². The minimum Gasteiger partial charge on any atom is -0.490 e. The molecule has 1 aromatic rings. The van der Waals surface area contributed by atoms with E-state index in [1.165, 1.54) is 17.4 Å². The molecule has 2 aliphatic heterocycles. The fourth-order valence-electron chi connectivity index (χ4n) is 4.02. The number of nitrogens with one attached hydrogen (secondary N) is 1. The standard InChI is InChI=1S/C20H30N2O4S.ClH/c1-15-4-5-18(14-16(15)2)26-17-6-12-22(13-7-17)19(23)20(27(3,24)25)8-10-21-11-9-20;/h4-5,14,17,21H,6-13H2,1-3H3;1H. The molecule has 28 heavy (non-hydrogen) atoms. The predicted molar refractivity (Wildman–Crippen MR) is 113 cm³/mol. The largest absolute Gasteiger partial charge is 0.490 e. The van der Waals surface area contributed by atoms with Gasteiger partial charge in [0.05, 0.1) is 0 Å². The van der Waals surface area contributed by atoms with Crippen molar-refractivity contribution >= 4 is 28.2 Å². The molecule has 0 radical (unpaired) electrons. The lowest BCUT2D eigenvalue weighted by atomic mass is 9.94. The number of likely N-dealkylation sites (tertiary alicyclic amines) is 1. The van der Waals surface area contributed by atoms with Crippen molar-refractivity contribution in [3.05, 3.63) is 29.3 Å². The molecule has 2 fully saturated rings. The molecule has 3 rings (SSSR count). The van der Waals surface area contributed by atoms with Crippen LogP contribution in [0.4, 0.5) is 0 Å². The number of aryl methyl sites for hydroxylation is 2. The van der Waals surface area contributed by atoms with Crippen molar-refractivity contribution in [2.45, 2.75) is 50.4 Å². The van der Waals surface area contributed by atoms with Crippen molar-refractivity contribution in [1.29, 1.82) is 0 Å². The third-order valence-corrected chi connectivity index (χ3v) is 8.02. The summed E-state index contributed by atoms with van der Waals surface area (Å²) in [6.07, 6.45) is 3.39. The van der Waals surface area contributed by atoms with E-state index >= 15 is 0 Å². The number of rotatable bonds is 4. The Bertz CT molecular complexity index is 798. The van der Waals surface area contributed by atoms with Gasteiger partial charge in [0.15, 0.2) is 14.6 Å². The Labute approximate surface area is 174 Å². The Hall–Kier alpha value is -1.31. The number of sulfone groups is 1. The Morgan fingerprint density at radius 3 is 2.29 bits per heavy atom. The maximum atomic E-state index is 13.1. The number of halogens is 1. The number of nitrogens with zero attached hydrogens (tertiary/aromatic N) is 1. The fraction of sp³-hybridized carbons (Fsp3) is 0.650. The summed E-state index contributed by atoms with van der Waals surface area (Å²) in [5, 5.41) is 3.16. The lowest BCUT2D eigenvalue weighted by Gasteiger charge is -2.41. The Kier molecular flexibility index (Phi) is 7.39. The minimum atomic E-state index is -3.47. The molecular weight excluding hydrogens is 400 g/mol. The molecule has 0 aromatic heterocycles. The molecule has 2 saturated heterocycles. The number of hydrogen-bond acceptors (Lipinski definition) is 5. The smallest absolute Gasteiger partial charge is 0.244 e. The minimum absolute atomic E-state index is 0. The van der Waals surface area contributed by atoms with Gasteiger partial charge in [-0.25, -0.2) is 8.42 Å². The third kappa shape index (κ3) is 4.63. The van der Waals surface area contributed by atoms with E-state index in [1.807, 2.05) is 12.1 Å². The Morgan fingerprint density at radius 2 is 1.75 bits per heavy atom. The lowest BCUT2D eigenvalue weighted by Crippen LogP contribution is -2.59. The molecule has 2 aliphatic rings. The van der Waals surface area contributed by atoms with Gasteiger partial charge in [0.25, 0.3) is 0 Å². The number of amides is 1. The summed E-state index contributed by atoms with van der Waals surface area (Å²) in [5.41, 5.74) is 2.43. The highest BCUT2D eigenvalue weighted by molar-refractivity contribution is 7.92. The van der Waals surface area contributed by atoms with Gasteiger partial charge < -0.3 is 15.0 Å². The average molecular weight is 431 g/mol. The summed E-state index contributed by atoms with van der Waals surface area (Å²) >= 11 is 0. The van der Waals surface area contributed by atoms with Gasteiger partial charge in [-0.15, -0.1) is 12.4 Å².